The number of para-hydroxylation sites is 1. The molecule has 0 aliphatic carbocycles. The number of carbonyl (C=O) groups is 2. The average molecular weight is 461 g/mol. The van der Waals surface area contributed by atoms with E-state index in [2.05, 4.69) is 10.4 Å². The fourth-order valence-electron chi connectivity index (χ4n) is 3.02. The van der Waals surface area contributed by atoms with Gasteiger partial charge in [-0.2, -0.15) is 18.3 Å². The number of nitrogens with zero attached hydrogens (tertiary/aromatic N) is 4. The van der Waals surface area contributed by atoms with Gasteiger partial charge in [-0.3, -0.25) is 19.7 Å². The number of hydrogen-bond donors (Lipinski definition) is 1. The standard InChI is InChI=1S/C21H18F3N5O4/c1-2-27(13-19(30)25-17-9-4-3-8-16(17)21(22,23)24)20(31)18-10-11-28(26-18)14-6-5-7-15(12-14)29(32)33/h3-12H,2,13H2,1H3,(H,25,30). The Kier molecular flexibility index (Phi) is 6.75. The summed E-state index contributed by atoms with van der Waals surface area (Å²) >= 11 is 0. The molecule has 9 nitrogen and oxygen atoms in total. The minimum Gasteiger partial charge on any atom is -0.328 e. The van der Waals surface area contributed by atoms with Crippen molar-refractivity contribution in [1.29, 1.82) is 0 Å². The van der Waals surface area contributed by atoms with Crippen LogP contribution in [-0.4, -0.2) is 44.5 Å². The molecule has 172 valence electrons. The first kappa shape index (κ1) is 23.4. The van der Waals surface area contributed by atoms with Crippen molar-refractivity contribution in [2.45, 2.75) is 13.1 Å². The Labute approximate surface area is 185 Å². The van der Waals surface area contributed by atoms with Gasteiger partial charge in [-0.25, -0.2) is 4.68 Å². The Hall–Kier alpha value is -4.22. The molecule has 1 aromatic heterocycles. The zero-order valence-corrected chi connectivity index (χ0v) is 17.2. The second kappa shape index (κ2) is 9.51. The minimum absolute atomic E-state index is 0.0353. The van der Waals surface area contributed by atoms with E-state index in [0.29, 0.717) is 5.69 Å². The van der Waals surface area contributed by atoms with Crippen LogP contribution in [-0.2, 0) is 11.0 Å². The minimum atomic E-state index is -4.65. The van der Waals surface area contributed by atoms with Gasteiger partial charge in [-0.15, -0.1) is 0 Å². The van der Waals surface area contributed by atoms with Crippen LogP contribution in [0.15, 0.2) is 60.8 Å². The van der Waals surface area contributed by atoms with Crippen LogP contribution in [0.3, 0.4) is 0 Å². The van der Waals surface area contributed by atoms with Gasteiger partial charge in [0.05, 0.1) is 21.9 Å². The molecule has 0 aliphatic heterocycles. The highest BCUT2D eigenvalue weighted by molar-refractivity contribution is 5.98. The van der Waals surface area contributed by atoms with Crippen molar-refractivity contribution < 1.29 is 27.7 Å². The average Bonchev–Trinajstić information content (AvgIpc) is 3.27. The zero-order valence-electron chi connectivity index (χ0n) is 17.2. The van der Waals surface area contributed by atoms with Gasteiger partial charge in [0, 0.05) is 24.9 Å². The van der Waals surface area contributed by atoms with Crippen molar-refractivity contribution in [3.63, 3.8) is 0 Å². The van der Waals surface area contributed by atoms with E-state index < -0.39 is 40.7 Å². The van der Waals surface area contributed by atoms with Gasteiger partial charge in [0.15, 0.2) is 5.69 Å². The number of amides is 2. The molecule has 3 rings (SSSR count). The molecule has 2 amide bonds. The number of aromatic nitrogens is 2. The quantitative estimate of drug-likeness (QED) is 0.424. The molecule has 0 aliphatic rings. The highest BCUT2D eigenvalue weighted by Crippen LogP contribution is 2.34. The second-order valence-electron chi connectivity index (χ2n) is 6.83. The first-order valence-electron chi connectivity index (χ1n) is 9.66. The molecule has 0 spiro atoms. The predicted octanol–water partition coefficient (Wildman–Crippen LogP) is 3.90. The van der Waals surface area contributed by atoms with Gasteiger partial charge < -0.3 is 10.2 Å². The molecule has 0 unspecified atom stereocenters. The molecule has 0 bridgehead atoms. The maximum absolute atomic E-state index is 13.1. The van der Waals surface area contributed by atoms with Gasteiger partial charge in [-0.1, -0.05) is 18.2 Å². The maximum atomic E-state index is 13.1. The number of non-ortho nitro benzene ring substituents is 1. The van der Waals surface area contributed by atoms with Crippen molar-refractivity contribution >= 4 is 23.2 Å². The molecular formula is C21H18F3N5O4. The number of nitro benzene ring substituents is 1. The molecule has 1 heterocycles. The van der Waals surface area contributed by atoms with Crippen molar-refractivity contribution in [3.8, 4) is 5.69 Å². The summed E-state index contributed by atoms with van der Waals surface area (Å²) in [5.41, 5.74) is -1.24. The van der Waals surface area contributed by atoms with Crippen molar-refractivity contribution in [3.05, 3.63) is 82.2 Å². The number of rotatable bonds is 7. The Balaban J connectivity index is 1.73. The number of likely N-dealkylation sites (N-methyl/N-ethyl adjacent to an activating group) is 1. The number of alkyl halides is 3. The lowest BCUT2D eigenvalue weighted by molar-refractivity contribution is -0.384. The number of carbonyl (C=O) groups excluding carboxylic acids is 2. The van der Waals surface area contributed by atoms with Gasteiger partial charge >= 0.3 is 6.18 Å². The third kappa shape index (κ3) is 5.53. The molecule has 3 aromatic rings. The lowest BCUT2D eigenvalue weighted by Crippen LogP contribution is -2.38. The molecule has 0 fully saturated rings. The number of nitro groups is 1. The van der Waals surface area contributed by atoms with Gasteiger partial charge in [-0.05, 0) is 31.2 Å². The number of anilines is 1. The van der Waals surface area contributed by atoms with E-state index in [0.717, 1.165) is 17.0 Å². The fraction of sp³-hybridized carbons (Fsp3) is 0.190. The monoisotopic (exact) mass is 461 g/mol. The van der Waals surface area contributed by atoms with Crippen molar-refractivity contribution in [2.24, 2.45) is 0 Å². The van der Waals surface area contributed by atoms with E-state index in [9.17, 15) is 32.9 Å². The molecule has 12 heteroatoms. The molecule has 2 aromatic carbocycles. The molecule has 0 atom stereocenters. The van der Waals surface area contributed by atoms with Gasteiger partial charge in [0.1, 0.15) is 6.54 Å². The number of nitrogens with one attached hydrogen (secondary N) is 1. The fourth-order valence-corrected chi connectivity index (χ4v) is 3.02. The largest absolute Gasteiger partial charge is 0.418 e. The third-order valence-corrected chi connectivity index (χ3v) is 4.62. The molecule has 1 N–H and O–H groups in total. The molecular weight excluding hydrogens is 443 g/mol. The van der Waals surface area contributed by atoms with Crippen LogP contribution in [0.4, 0.5) is 24.5 Å². The number of benzene rings is 2. The molecule has 0 saturated carbocycles. The Bertz CT molecular complexity index is 1190. The van der Waals surface area contributed by atoms with Crippen LogP contribution >= 0.6 is 0 Å². The smallest absolute Gasteiger partial charge is 0.328 e. The van der Waals surface area contributed by atoms with Crippen LogP contribution in [0, 0.1) is 10.1 Å². The van der Waals surface area contributed by atoms with Crippen LogP contribution in [0.2, 0.25) is 0 Å². The summed E-state index contributed by atoms with van der Waals surface area (Å²) in [5, 5.41) is 17.3. The van der Waals surface area contributed by atoms with E-state index >= 15 is 0 Å². The van der Waals surface area contributed by atoms with Gasteiger partial charge in [0.2, 0.25) is 5.91 Å². The van der Waals surface area contributed by atoms with Crippen LogP contribution in [0.5, 0.6) is 0 Å². The van der Waals surface area contributed by atoms with Crippen LogP contribution in [0.1, 0.15) is 23.0 Å². The molecule has 0 saturated heterocycles. The van der Waals surface area contributed by atoms with E-state index in [1.807, 2.05) is 0 Å². The highest BCUT2D eigenvalue weighted by Gasteiger charge is 2.33. The zero-order chi connectivity index (χ0) is 24.2. The maximum Gasteiger partial charge on any atom is 0.418 e. The second-order valence-corrected chi connectivity index (χ2v) is 6.83. The van der Waals surface area contributed by atoms with E-state index in [1.54, 1.807) is 13.0 Å². The van der Waals surface area contributed by atoms with E-state index in [4.69, 9.17) is 0 Å². The van der Waals surface area contributed by atoms with Crippen molar-refractivity contribution in [1.82, 2.24) is 14.7 Å². The summed E-state index contributed by atoms with van der Waals surface area (Å²) in [6, 6.07) is 11.5. The Morgan fingerprint density at radius 3 is 2.55 bits per heavy atom. The van der Waals surface area contributed by atoms with E-state index in [1.165, 1.54) is 47.3 Å². The summed E-state index contributed by atoms with van der Waals surface area (Å²) in [5.74, 6) is -1.43. The summed E-state index contributed by atoms with van der Waals surface area (Å²) in [6.07, 6.45) is -3.22. The van der Waals surface area contributed by atoms with Crippen LogP contribution < -0.4 is 5.32 Å². The lowest BCUT2D eigenvalue weighted by atomic mass is 10.1. The normalized spacial score (nSPS) is 11.2. The SMILES string of the molecule is CCN(CC(=O)Nc1ccccc1C(F)(F)F)C(=O)c1ccn(-c2cccc([N+](=O)[O-])c2)n1. The van der Waals surface area contributed by atoms with E-state index in [-0.39, 0.29) is 17.9 Å². The summed E-state index contributed by atoms with van der Waals surface area (Å²) in [6.45, 7) is 1.20. The highest BCUT2D eigenvalue weighted by atomic mass is 19.4. The topological polar surface area (TPSA) is 110 Å². The molecule has 33 heavy (non-hydrogen) atoms. The summed E-state index contributed by atoms with van der Waals surface area (Å²) in [7, 11) is 0. The summed E-state index contributed by atoms with van der Waals surface area (Å²) < 4.78 is 40.6. The predicted molar refractivity (Wildman–Crippen MR) is 112 cm³/mol. The van der Waals surface area contributed by atoms with Crippen molar-refractivity contribution in [2.75, 3.05) is 18.4 Å². The lowest BCUT2D eigenvalue weighted by Gasteiger charge is -2.20. The number of halogens is 3. The summed E-state index contributed by atoms with van der Waals surface area (Å²) in [4.78, 5) is 36.7. The Morgan fingerprint density at radius 1 is 1.15 bits per heavy atom. The molecule has 0 radical (unpaired) electrons. The number of hydrogen-bond acceptors (Lipinski definition) is 5. The third-order valence-electron chi connectivity index (χ3n) is 4.62. The first-order chi connectivity index (χ1) is 15.6. The van der Waals surface area contributed by atoms with Crippen LogP contribution in [0.25, 0.3) is 5.69 Å². The van der Waals surface area contributed by atoms with Gasteiger partial charge in [0.25, 0.3) is 11.6 Å². The first-order valence-corrected chi connectivity index (χ1v) is 9.66. The Morgan fingerprint density at radius 2 is 1.88 bits per heavy atom.